The summed E-state index contributed by atoms with van der Waals surface area (Å²) in [5.41, 5.74) is 1.19. The van der Waals surface area contributed by atoms with Crippen LogP contribution in [0.5, 0.6) is 0 Å². The molecule has 2 N–H and O–H groups in total. The Balaban J connectivity index is 1.80. The van der Waals surface area contributed by atoms with E-state index in [1.54, 1.807) is 0 Å². The number of aromatic nitrogens is 1. The molecule has 0 aromatic carbocycles. The van der Waals surface area contributed by atoms with Crippen molar-refractivity contribution in [2.45, 2.75) is 46.6 Å². The molecule has 0 atom stereocenters. The standard InChI is InChI=1S/C22H40N6O/c1-4-7-16-29-17-8-10-25-22(23-5-2)26-19-20-9-11-24-21(18-20)28-14-12-27(6-3)13-15-28/h9,11,18H,4-8,10,12-17,19H2,1-3H3,(H2,23,25,26). The fourth-order valence-electron chi connectivity index (χ4n) is 3.27. The maximum absolute atomic E-state index is 5.61. The number of rotatable bonds is 12. The minimum atomic E-state index is 0.646. The molecule has 2 rings (SSSR count). The fraction of sp³-hybridized carbons (Fsp3) is 0.727. The molecule has 1 aromatic heterocycles. The molecule has 0 saturated carbocycles. The van der Waals surface area contributed by atoms with E-state index in [1.807, 2.05) is 6.20 Å². The van der Waals surface area contributed by atoms with E-state index < -0.39 is 0 Å². The van der Waals surface area contributed by atoms with Gasteiger partial charge in [-0.25, -0.2) is 9.98 Å². The Morgan fingerprint density at radius 3 is 2.62 bits per heavy atom. The first-order chi connectivity index (χ1) is 14.3. The van der Waals surface area contributed by atoms with E-state index in [0.717, 1.165) is 83.6 Å². The summed E-state index contributed by atoms with van der Waals surface area (Å²) < 4.78 is 5.61. The van der Waals surface area contributed by atoms with Crippen LogP contribution in [0.1, 0.15) is 45.6 Å². The number of hydrogen-bond donors (Lipinski definition) is 2. The Morgan fingerprint density at radius 1 is 1.10 bits per heavy atom. The van der Waals surface area contributed by atoms with E-state index in [9.17, 15) is 0 Å². The molecule has 2 heterocycles. The van der Waals surface area contributed by atoms with Crippen LogP contribution in [0.2, 0.25) is 0 Å². The van der Waals surface area contributed by atoms with E-state index in [1.165, 1.54) is 12.0 Å². The first-order valence-corrected chi connectivity index (χ1v) is 11.3. The summed E-state index contributed by atoms with van der Waals surface area (Å²) in [6, 6.07) is 4.23. The third-order valence-electron chi connectivity index (χ3n) is 5.12. The number of nitrogens with zero attached hydrogens (tertiary/aromatic N) is 4. The van der Waals surface area contributed by atoms with Crippen molar-refractivity contribution < 1.29 is 4.74 Å². The molecular formula is C22H40N6O. The van der Waals surface area contributed by atoms with Gasteiger partial charge in [-0.2, -0.15) is 0 Å². The minimum Gasteiger partial charge on any atom is -0.381 e. The number of nitrogens with one attached hydrogen (secondary N) is 2. The van der Waals surface area contributed by atoms with Crippen LogP contribution in [-0.2, 0) is 11.3 Å². The Morgan fingerprint density at radius 2 is 1.90 bits per heavy atom. The van der Waals surface area contributed by atoms with Gasteiger partial charge in [0.2, 0.25) is 0 Å². The van der Waals surface area contributed by atoms with Gasteiger partial charge in [-0.3, -0.25) is 0 Å². The topological polar surface area (TPSA) is 65.0 Å². The van der Waals surface area contributed by atoms with Gasteiger partial charge in [-0.05, 0) is 44.0 Å². The predicted molar refractivity (Wildman–Crippen MR) is 122 cm³/mol. The van der Waals surface area contributed by atoms with Gasteiger partial charge in [-0.15, -0.1) is 0 Å². The van der Waals surface area contributed by atoms with E-state index >= 15 is 0 Å². The molecule has 0 spiro atoms. The van der Waals surface area contributed by atoms with Gasteiger partial charge in [0.15, 0.2) is 5.96 Å². The lowest BCUT2D eigenvalue weighted by Gasteiger charge is -2.34. The van der Waals surface area contributed by atoms with Gasteiger partial charge >= 0.3 is 0 Å². The van der Waals surface area contributed by atoms with Crippen molar-refractivity contribution in [3.8, 4) is 0 Å². The molecule has 7 heteroatoms. The Labute approximate surface area is 176 Å². The Hall–Kier alpha value is -1.86. The molecule has 0 radical (unpaired) electrons. The number of hydrogen-bond acceptors (Lipinski definition) is 5. The highest BCUT2D eigenvalue weighted by atomic mass is 16.5. The molecule has 0 unspecified atom stereocenters. The lowest BCUT2D eigenvalue weighted by atomic mass is 10.2. The molecule has 0 bridgehead atoms. The monoisotopic (exact) mass is 404 g/mol. The summed E-state index contributed by atoms with van der Waals surface area (Å²) in [4.78, 5) is 14.2. The lowest BCUT2D eigenvalue weighted by Crippen LogP contribution is -2.46. The zero-order valence-electron chi connectivity index (χ0n) is 18.6. The SMILES string of the molecule is CCCCOCCCNC(=NCc1ccnc(N2CCN(CC)CC2)c1)NCC. The first-order valence-electron chi connectivity index (χ1n) is 11.3. The number of ether oxygens (including phenoxy) is 1. The Kier molecular flexibility index (Phi) is 11.4. The van der Waals surface area contributed by atoms with Crippen molar-refractivity contribution in [1.82, 2.24) is 20.5 Å². The second kappa shape index (κ2) is 14.2. The van der Waals surface area contributed by atoms with Crippen LogP contribution in [0, 0.1) is 0 Å². The molecule has 29 heavy (non-hydrogen) atoms. The van der Waals surface area contributed by atoms with Crippen LogP contribution < -0.4 is 15.5 Å². The highest BCUT2D eigenvalue weighted by Gasteiger charge is 2.16. The number of piperazine rings is 1. The molecule has 1 aliphatic rings. The van der Waals surface area contributed by atoms with Gasteiger partial charge in [0.1, 0.15) is 5.82 Å². The van der Waals surface area contributed by atoms with Crippen molar-refractivity contribution in [2.24, 2.45) is 4.99 Å². The summed E-state index contributed by atoms with van der Waals surface area (Å²) in [5.74, 6) is 1.92. The second-order valence-corrected chi connectivity index (χ2v) is 7.39. The number of likely N-dealkylation sites (N-methyl/N-ethyl adjacent to an activating group) is 1. The van der Waals surface area contributed by atoms with Crippen LogP contribution >= 0.6 is 0 Å². The third-order valence-corrected chi connectivity index (χ3v) is 5.12. The van der Waals surface area contributed by atoms with Gasteiger partial charge in [0.05, 0.1) is 6.54 Å². The summed E-state index contributed by atoms with van der Waals surface area (Å²) in [5, 5.41) is 6.72. The quantitative estimate of drug-likeness (QED) is 0.317. The highest BCUT2D eigenvalue weighted by Crippen LogP contribution is 2.15. The fourth-order valence-corrected chi connectivity index (χ4v) is 3.27. The van der Waals surface area contributed by atoms with E-state index in [2.05, 4.69) is 58.3 Å². The maximum Gasteiger partial charge on any atom is 0.191 e. The van der Waals surface area contributed by atoms with Crippen molar-refractivity contribution in [3.63, 3.8) is 0 Å². The predicted octanol–water partition coefficient (Wildman–Crippen LogP) is 2.49. The van der Waals surface area contributed by atoms with Crippen LogP contribution in [0.4, 0.5) is 5.82 Å². The van der Waals surface area contributed by atoms with Gasteiger partial charge in [0.25, 0.3) is 0 Å². The minimum absolute atomic E-state index is 0.646. The number of unbranched alkanes of at least 4 members (excludes halogenated alkanes) is 1. The lowest BCUT2D eigenvalue weighted by molar-refractivity contribution is 0.129. The average molecular weight is 405 g/mol. The maximum atomic E-state index is 5.61. The Bertz CT molecular complexity index is 586. The smallest absolute Gasteiger partial charge is 0.191 e. The molecule has 164 valence electrons. The number of pyridine rings is 1. The summed E-state index contributed by atoms with van der Waals surface area (Å²) in [6.07, 6.45) is 5.21. The molecule has 7 nitrogen and oxygen atoms in total. The highest BCUT2D eigenvalue weighted by molar-refractivity contribution is 5.79. The van der Waals surface area contributed by atoms with E-state index in [-0.39, 0.29) is 0 Å². The third kappa shape index (κ3) is 9.00. The first kappa shape index (κ1) is 23.4. The zero-order chi connectivity index (χ0) is 20.7. The summed E-state index contributed by atoms with van der Waals surface area (Å²) in [7, 11) is 0. The molecule has 1 saturated heterocycles. The van der Waals surface area contributed by atoms with Crippen LogP contribution in [0.25, 0.3) is 0 Å². The molecule has 0 aliphatic carbocycles. The van der Waals surface area contributed by atoms with Crippen molar-refractivity contribution in [2.75, 3.05) is 63.9 Å². The largest absolute Gasteiger partial charge is 0.381 e. The van der Waals surface area contributed by atoms with Gasteiger partial charge in [-0.1, -0.05) is 20.3 Å². The number of anilines is 1. The van der Waals surface area contributed by atoms with Gasteiger partial charge in [0, 0.05) is 58.7 Å². The van der Waals surface area contributed by atoms with Crippen molar-refractivity contribution in [3.05, 3.63) is 23.9 Å². The summed E-state index contributed by atoms with van der Waals surface area (Å²) in [6.45, 7) is 15.9. The molecule has 1 fully saturated rings. The number of guanidine groups is 1. The van der Waals surface area contributed by atoms with Gasteiger partial charge < -0.3 is 25.2 Å². The van der Waals surface area contributed by atoms with Crippen molar-refractivity contribution in [1.29, 1.82) is 0 Å². The zero-order valence-corrected chi connectivity index (χ0v) is 18.6. The normalized spacial score (nSPS) is 15.6. The molecule has 0 amide bonds. The average Bonchev–Trinajstić information content (AvgIpc) is 2.77. The van der Waals surface area contributed by atoms with Crippen molar-refractivity contribution >= 4 is 11.8 Å². The molecule has 1 aromatic rings. The van der Waals surface area contributed by atoms with Crippen LogP contribution in [0.15, 0.2) is 23.3 Å². The van der Waals surface area contributed by atoms with Crippen LogP contribution in [-0.4, -0.2) is 74.9 Å². The van der Waals surface area contributed by atoms with E-state index in [4.69, 9.17) is 9.73 Å². The van der Waals surface area contributed by atoms with Crippen LogP contribution in [0.3, 0.4) is 0 Å². The molecular weight excluding hydrogens is 364 g/mol. The van der Waals surface area contributed by atoms with E-state index in [0.29, 0.717) is 6.54 Å². The molecule has 1 aliphatic heterocycles. The second-order valence-electron chi connectivity index (χ2n) is 7.39. The summed E-state index contributed by atoms with van der Waals surface area (Å²) >= 11 is 0. The number of aliphatic imine (C=N–C) groups is 1.